The molecule has 0 bridgehead atoms. The molecule has 0 unspecified atom stereocenters. The fourth-order valence-corrected chi connectivity index (χ4v) is 0.660. The van der Waals surface area contributed by atoms with Crippen molar-refractivity contribution in [2.24, 2.45) is 0 Å². The van der Waals surface area contributed by atoms with E-state index in [4.69, 9.17) is 10.5 Å². The summed E-state index contributed by atoms with van der Waals surface area (Å²) < 4.78 is 0. The van der Waals surface area contributed by atoms with Gasteiger partial charge in [-0.2, -0.15) is 0 Å². The number of amidine groups is 1. The van der Waals surface area contributed by atoms with Crippen LogP contribution >= 0.6 is 24.2 Å². The SMILES string of the molecule is CNC(=N)SCCO.Cl. The molecule has 0 aliphatic rings. The first-order valence-electron chi connectivity index (χ1n) is 2.31. The largest absolute Gasteiger partial charge is 0.396 e. The molecule has 0 aliphatic carbocycles. The molecular weight excluding hydrogens is 160 g/mol. The van der Waals surface area contributed by atoms with E-state index in [2.05, 4.69) is 5.32 Å². The molecule has 9 heavy (non-hydrogen) atoms. The molecule has 0 saturated carbocycles. The van der Waals surface area contributed by atoms with Crippen molar-refractivity contribution in [3.63, 3.8) is 0 Å². The summed E-state index contributed by atoms with van der Waals surface area (Å²) in [5.74, 6) is 0.597. The molecule has 0 rings (SSSR count). The van der Waals surface area contributed by atoms with E-state index in [1.54, 1.807) is 7.05 Å². The van der Waals surface area contributed by atoms with Crippen LogP contribution in [-0.4, -0.2) is 29.7 Å². The van der Waals surface area contributed by atoms with Gasteiger partial charge in [0.1, 0.15) is 0 Å². The average Bonchev–Trinajstić information content (AvgIpc) is 1.83. The second-order valence-electron chi connectivity index (χ2n) is 1.15. The van der Waals surface area contributed by atoms with Crippen LogP contribution in [0, 0.1) is 5.41 Å². The summed E-state index contributed by atoms with van der Waals surface area (Å²) in [4.78, 5) is 0. The molecule has 3 N–H and O–H groups in total. The molecule has 0 heterocycles. The minimum atomic E-state index is 0. The van der Waals surface area contributed by atoms with Crippen molar-refractivity contribution in [1.29, 1.82) is 5.41 Å². The third kappa shape index (κ3) is 8.07. The van der Waals surface area contributed by atoms with Crippen molar-refractivity contribution >= 4 is 29.3 Å². The zero-order chi connectivity index (χ0) is 6.41. The van der Waals surface area contributed by atoms with Gasteiger partial charge >= 0.3 is 0 Å². The molecule has 0 atom stereocenters. The topological polar surface area (TPSA) is 56.1 Å². The van der Waals surface area contributed by atoms with Crippen LogP contribution in [0.4, 0.5) is 0 Å². The maximum atomic E-state index is 8.27. The molecule has 0 fully saturated rings. The Morgan fingerprint density at radius 3 is 2.67 bits per heavy atom. The third-order valence-corrected chi connectivity index (χ3v) is 1.44. The zero-order valence-electron chi connectivity index (χ0n) is 5.18. The molecule has 5 heteroatoms. The van der Waals surface area contributed by atoms with Crippen molar-refractivity contribution in [2.45, 2.75) is 0 Å². The zero-order valence-corrected chi connectivity index (χ0v) is 6.81. The molecule has 0 aromatic heterocycles. The van der Waals surface area contributed by atoms with Crippen molar-refractivity contribution in [3.8, 4) is 0 Å². The second kappa shape index (κ2) is 8.07. The van der Waals surface area contributed by atoms with E-state index in [0.717, 1.165) is 0 Å². The van der Waals surface area contributed by atoms with Crippen LogP contribution in [0.25, 0.3) is 0 Å². The minimum Gasteiger partial charge on any atom is -0.396 e. The number of nitrogens with one attached hydrogen (secondary N) is 2. The molecule has 0 aliphatic heterocycles. The fraction of sp³-hybridized carbons (Fsp3) is 0.750. The molecule has 0 aromatic rings. The summed E-state index contributed by atoms with van der Waals surface area (Å²) in [5.41, 5.74) is 0. The molecule has 0 aromatic carbocycles. The van der Waals surface area contributed by atoms with E-state index in [1.807, 2.05) is 0 Å². The molecule has 56 valence electrons. The van der Waals surface area contributed by atoms with E-state index in [1.165, 1.54) is 11.8 Å². The Bertz CT molecular complexity index is 81.0. The Kier molecular flexibility index (Phi) is 10.6. The van der Waals surface area contributed by atoms with Gasteiger partial charge in [-0.05, 0) is 0 Å². The number of thioether (sulfide) groups is 1. The van der Waals surface area contributed by atoms with Gasteiger partial charge in [0.05, 0.1) is 6.61 Å². The lowest BCUT2D eigenvalue weighted by Crippen LogP contribution is -2.13. The summed E-state index contributed by atoms with van der Waals surface area (Å²) >= 11 is 1.30. The summed E-state index contributed by atoms with van der Waals surface area (Å²) in [6.07, 6.45) is 0. The molecule has 0 spiro atoms. The Morgan fingerprint density at radius 2 is 2.33 bits per heavy atom. The van der Waals surface area contributed by atoms with Crippen LogP contribution in [0.15, 0.2) is 0 Å². The number of aliphatic hydroxyl groups is 1. The smallest absolute Gasteiger partial charge is 0.153 e. The number of hydrogen-bond acceptors (Lipinski definition) is 3. The molecular formula is C4H11ClN2OS. The van der Waals surface area contributed by atoms with Crippen LogP contribution < -0.4 is 5.32 Å². The first kappa shape index (κ1) is 11.8. The highest BCUT2D eigenvalue weighted by Crippen LogP contribution is 1.95. The molecule has 0 radical (unpaired) electrons. The van der Waals surface area contributed by atoms with Crippen molar-refractivity contribution < 1.29 is 5.11 Å². The van der Waals surface area contributed by atoms with Crippen molar-refractivity contribution in [2.75, 3.05) is 19.4 Å². The van der Waals surface area contributed by atoms with E-state index in [9.17, 15) is 0 Å². The summed E-state index contributed by atoms with van der Waals surface area (Å²) in [6, 6.07) is 0. The molecule has 0 saturated heterocycles. The van der Waals surface area contributed by atoms with Crippen LogP contribution in [0.3, 0.4) is 0 Å². The number of halogens is 1. The van der Waals surface area contributed by atoms with E-state index in [-0.39, 0.29) is 19.0 Å². The Balaban J connectivity index is 0. The summed E-state index contributed by atoms with van der Waals surface area (Å²) in [7, 11) is 1.69. The van der Waals surface area contributed by atoms with Gasteiger partial charge in [-0.3, -0.25) is 5.41 Å². The normalized spacial score (nSPS) is 7.78. The predicted octanol–water partition coefficient (Wildman–Crippen LogP) is 0.288. The average molecular weight is 171 g/mol. The monoisotopic (exact) mass is 170 g/mol. The van der Waals surface area contributed by atoms with Crippen LogP contribution in [-0.2, 0) is 0 Å². The lowest BCUT2D eigenvalue weighted by atomic mass is 10.9. The quantitative estimate of drug-likeness (QED) is 0.413. The standard InChI is InChI=1S/C4H10N2OS.ClH/c1-6-4(5)8-3-2-7;/h7H,2-3H2,1H3,(H2,5,6);1H. The fourth-order valence-electron chi connectivity index (χ4n) is 0.220. The van der Waals surface area contributed by atoms with Gasteiger partial charge in [-0.15, -0.1) is 12.4 Å². The van der Waals surface area contributed by atoms with Crippen LogP contribution in [0.5, 0.6) is 0 Å². The second-order valence-corrected chi connectivity index (χ2v) is 2.26. The van der Waals surface area contributed by atoms with Gasteiger partial charge in [0.25, 0.3) is 0 Å². The van der Waals surface area contributed by atoms with Crippen LogP contribution in [0.1, 0.15) is 0 Å². The van der Waals surface area contributed by atoms with Gasteiger partial charge < -0.3 is 10.4 Å². The van der Waals surface area contributed by atoms with E-state index < -0.39 is 0 Å². The maximum absolute atomic E-state index is 8.27. The van der Waals surface area contributed by atoms with Crippen LogP contribution in [0.2, 0.25) is 0 Å². The van der Waals surface area contributed by atoms with E-state index in [0.29, 0.717) is 10.9 Å². The molecule has 3 nitrogen and oxygen atoms in total. The predicted molar refractivity (Wildman–Crippen MR) is 43.6 cm³/mol. The Labute approximate surface area is 65.1 Å². The van der Waals surface area contributed by atoms with E-state index >= 15 is 0 Å². The lowest BCUT2D eigenvalue weighted by molar-refractivity contribution is 0.323. The maximum Gasteiger partial charge on any atom is 0.153 e. The highest BCUT2D eigenvalue weighted by molar-refractivity contribution is 8.13. The van der Waals surface area contributed by atoms with Crippen molar-refractivity contribution in [3.05, 3.63) is 0 Å². The van der Waals surface area contributed by atoms with Gasteiger partial charge in [-0.1, -0.05) is 11.8 Å². The molecule has 0 amide bonds. The first-order chi connectivity index (χ1) is 3.81. The number of rotatable bonds is 2. The Morgan fingerprint density at radius 1 is 1.78 bits per heavy atom. The van der Waals surface area contributed by atoms with Gasteiger partial charge in [-0.25, -0.2) is 0 Å². The summed E-state index contributed by atoms with van der Waals surface area (Å²) in [6.45, 7) is 0.134. The third-order valence-electron chi connectivity index (χ3n) is 0.565. The highest BCUT2D eigenvalue weighted by Gasteiger charge is 1.89. The first-order valence-corrected chi connectivity index (χ1v) is 3.29. The van der Waals surface area contributed by atoms with Crippen molar-refractivity contribution in [1.82, 2.24) is 5.32 Å². The Hall–Kier alpha value is 0.0700. The van der Waals surface area contributed by atoms with Gasteiger partial charge in [0.2, 0.25) is 0 Å². The van der Waals surface area contributed by atoms with Gasteiger partial charge in [0.15, 0.2) is 5.17 Å². The van der Waals surface area contributed by atoms with Gasteiger partial charge in [0, 0.05) is 12.8 Å². The number of hydrogen-bond donors (Lipinski definition) is 3. The summed E-state index contributed by atoms with van der Waals surface area (Å²) in [5, 5.41) is 18.3. The highest BCUT2D eigenvalue weighted by atomic mass is 35.5. The lowest BCUT2D eigenvalue weighted by Gasteiger charge is -1.97. The minimum absolute atomic E-state index is 0. The number of aliphatic hydroxyl groups excluding tert-OH is 1.